The van der Waals surface area contributed by atoms with Crippen molar-refractivity contribution in [2.24, 2.45) is 0 Å². The van der Waals surface area contributed by atoms with Gasteiger partial charge in [-0.05, 0) is 30.0 Å². The molecule has 2 heterocycles. The van der Waals surface area contributed by atoms with Crippen molar-refractivity contribution >= 4 is 55.1 Å². The van der Waals surface area contributed by atoms with Crippen LogP contribution in [0.5, 0.6) is 0 Å². The van der Waals surface area contributed by atoms with E-state index in [0.29, 0.717) is 17.8 Å². The van der Waals surface area contributed by atoms with Crippen molar-refractivity contribution < 1.29 is 22.9 Å². The normalized spacial score (nSPS) is 11.1. The third-order valence-corrected chi connectivity index (χ3v) is 7.98. The van der Waals surface area contributed by atoms with Crippen molar-refractivity contribution in [3.05, 3.63) is 63.0 Å². The first-order chi connectivity index (χ1) is 14.8. The monoisotopic (exact) mass is 480 g/mol. The summed E-state index contributed by atoms with van der Waals surface area (Å²) in [4.78, 5) is 38.3. The zero-order valence-electron chi connectivity index (χ0n) is 15.8. The number of aromatic nitrogens is 1. The summed E-state index contributed by atoms with van der Waals surface area (Å²) < 4.78 is 25.2. The van der Waals surface area contributed by atoms with Crippen LogP contribution in [0.3, 0.4) is 0 Å². The Morgan fingerprint density at radius 1 is 1.16 bits per heavy atom. The number of anilines is 1. The standard InChI is InChI=1S/C18H16N4O6S3/c23-15(4-1-9-19-17(24)14-3-2-10-29-14)21-18-20-11-16(30-18)31(27,28)13-7-5-12(6-8-13)22(25)26/h2-3,5-8,10-11H,1,4,9H2,(H,19,24)(H,20,21,23). The van der Waals surface area contributed by atoms with Gasteiger partial charge in [-0.25, -0.2) is 13.4 Å². The Bertz CT molecular complexity index is 1190. The number of nitro groups is 1. The number of amides is 2. The van der Waals surface area contributed by atoms with Crippen LogP contribution < -0.4 is 10.6 Å². The number of carbonyl (C=O) groups is 2. The first-order valence-corrected chi connectivity index (χ1v) is 12.0. The van der Waals surface area contributed by atoms with Crippen LogP contribution in [-0.2, 0) is 14.6 Å². The number of sulfone groups is 1. The molecule has 0 atom stereocenters. The summed E-state index contributed by atoms with van der Waals surface area (Å²) in [5.41, 5.74) is -0.220. The van der Waals surface area contributed by atoms with Gasteiger partial charge in [0, 0.05) is 25.1 Å². The number of hydrogen-bond donors (Lipinski definition) is 2. The smallest absolute Gasteiger partial charge is 0.269 e. The molecule has 0 aliphatic carbocycles. The van der Waals surface area contributed by atoms with E-state index in [9.17, 15) is 28.1 Å². The summed E-state index contributed by atoms with van der Waals surface area (Å²) in [7, 11) is -3.91. The number of carbonyl (C=O) groups excluding carboxylic acids is 2. The molecule has 13 heteroatoms. The van der Waals surface area contributed by atoms with E-state index in [1.54, 1.807) is 17.5 Å². The first-order valence-electron chi connectivity index (χ1n) is 8.84. The Morgan fingerprint density at radius 2 is 1.90 bits per heavy atom. The molecule has 2 N–H and O–H groups in total. The molecule has 0 fully saturated rings. The van der Waals surface area contributed by atoms with Gasteiger partial charge in [0.2, 0.25) is 15.7 Å². The number of thiazole rings is 1. The molecule has 0 aliphatic heterocycles. The van der Waals surface area contributed by atoms with Crippen molar-refractivity contribution in [2.45, 2.75) is 21.9 Å². The molecule has 0 spiro atoms. The lowest BCUT2D eigenvalue weighted by Gasteiger charge is -2.04. The minimum Gasteiger partial charge on any atom is -0.351 e. The highest BCUT2D eigenvalue weighted by Gasteiger charge is 2.22. The summed E-state index contributed by atoms with van der Waals surface area (Å²) in [6.07, 6.45) is 1.65. The predicted molar refractivity (Wildman–Crippen MR) is 115 cm³/mol. The Morgan fingerprint density at radius 3 is 2.55 bits per heavy atom. The average molecular weight is 481 g/mol. The average Bonchev–Trinajstić information content (AvgIpc) is 3.44. The minimum absolute atomic E-state index is 0.0973. The fourth-order valence-corrected chi connectivity index (χ4v) is 5.52. The number of benzene rings is 1. The summed E-state index contributed by atoms with van der Waals surface area (Å²) in [6, 6.07) is 7.99. The van der Waals surface area contributed by atoms with Crippen LogP contribution >= 0.6 is 22.7 Å². The van der Waals surface area contributed by atoms with Crippen LogP contribution in [0.4, 0.5) is 10.8 Å². The molecule has 2 aromatic heterocycles. The lowest BCUT2D eigenvalue weighted by molar-refractivity contribution is -0.384. The van der Waals surface area contributed by atoms with E-state index in [4.69, 9.17) is 0 Å². The molecule has 0 unspecified atom stereocenters. The highest BCUT2D eigenvalue weighted by Crippen LogP contribution is 2.29. The molecular formula is C18H16N4O6S3. The van der Waals surface area contributed by atoms with Crippen LogP contribution in [0.15, 0.2) is 57.1 Å². The van der Waals surface area contributed by atoms with Gasteiger partial charge in [-0.1, -0.05) is 17.4 Å². The highest BCUT2D eigenvalue weighted by atomic mass is 32.2. The van der Waals surface area contributed by atoms with Crippen molar-refractivity contribution in [3.8, 4) is 0 Å². The van der Waals surface area contributed by atoms with Crippen LogP contribution in [0.25, 0.3) is 0 Å². The van der Waals surface area contributed by atoms with Crippen LogP contribution in [0.1, 0.15) is 22.5 Å². The maximum atomic E-state index is 12.6. The SMILES string of the molecule is O=C(CCCNC(=O)c1cccs1)Nc1ncc(S(=O)(=O)c2ccc([N+](=O)[O-])cc2)s1. The fraction of sp³-hybridized carbons (Fsp3) is 0.167. The quantitative estimate of drug-likeness (QED) is 0.271. The molecule has 0 radical (unpaired) electrons. The van der Waals surface area contributed by atoms with E-state index in [0.717, 1.165) is 41.8 Å². The lowest BCUT2D eigenvalue weighted by Crippen LogP contribution is -2.24. The van der Waals surface area contributed by atoms with Crippen molar-refractivity contribution in [2.75, 3.05) is 11.9 Å². The Labute approximate surface area is 185 Å². The van der Waals surface area contributed by atoms with E-state index in [-0.39, 0.29) is 38.2 Å². The second-order valence-corrected chi connectivity index (χ2v) is 10.3. The van der Waals surface area contributed by atoms with Gasteiger partial charge in [0.25, 0.3) is 11.6 Å². The Balaban J connectivity index is 1.52. The first kappa shape index (κ1) is 22.5. The van der Waals surface area contributed by atoms with Gasteiger partial charge in [0.05, 0.1) is 20.9 Å². The van der Waals surface area contributed by atoms with Crippen LogP contribution in [-0.4, -0.2) is 36.7 Å². The maximum absolute atomic E-state index is 12.6. The van der Waals surface area contributed by atoms with Crippen LogP contribution in [0, 0.1) is 10.1 Å². The van der Waals surface area contributed by atoms with Gasteiger partial charge < -0.3 is 10.6 Å². The second kappa shape index (κ2) is 9.76. The number of hydrogen-bond acceptors (Lipinski definition) is 9. The number of rotatable bonds is 9. The van der Waals surface area contributed by atoms with Gasteiger partial charge in [-0.15, -0.1) is 11.3 Å². The van der Waals surface area contributed by atoms with E-state index >= 15 is 0 Å². The van der Waals surface area contributed by atoms with Crippen LogP contribution in [0.2, 0.25) is 0 Å². The zero-order valence-corrected chi connectivity index (χ0v) is 18.3. The third-order valence-electron chi connectivity index (χ3n) is 3.96. The topological polar surface area (TPSA) is 148 Å². The number of non-ortho nitro benzene ring substituents is 1. The van der Waals surface area contributed by atoms with E-state index in [2.05, 4.69) is 15.6 Å². The van der Waals surface area contributed by atoms with Gasteiger partial charge in [-0.3, -0.25) is 19.7 Å². The molecule has 0 saturated heterocycles. The molecule has 31 heavy (non-hydrogen) atoms. The van der Waals surface area contributed by atoms with E-state index in [1.165, 1.54) is 11.3 Å². The molecule has 0 bridgehead atoms. The molecule has 10 nitrogen and oxygen atoms in total. The summed E-state index contributed by atoms with van der Waals surface area (Å²) in [5.74, 6) is -0.560. The van der Waals surface area contributed by atoms with Crippen molar-refractivity contribution in [1.29, 1.82) is 0 Å². The lowest BCUT2D eigenvalue weighted by atomic mass is 10.3. The Kier molecular flexibility index (Phi) is 7.09. The molecule has 2 amide bonds. The summed E-state index contributed by atoms with van der Waals surface area (Å²) in [6.45, 7) is 0.321. The molecule has 0 saturated carbocycles. The highest BCUT2D eigenvalue weighted by molar-refractivity contribution is 7.93. The molecule has 0 aliphatic rings. The third kappa shape index (κ3) is 5.71. The number of nitrogens with zero attached hydrogens (tertiary/aromatic N) is 2. The largest absolute Gasteiger partial charge is 0.351 e. The number of thiophene rings is 1. The molecule has 3 rings (SSSR count). The minimum atomic E-state index is -3.91. The van der Waals surface area contributed by atoms with Gasteiger partial charge >= 0.3 is 0 Å². The maximum Gasteiger partial charge on any atom is 0.269 e. The predicted octanol–water partition coefficient (Wildman–Crippen LogP) is 3.09. The van der Waals surface area contributed by atoms with E-state index < -0.39 is 14.8 Å². The van der Waals surface area contributed by atoms with Gasteiger partial charge in [0.1, 0.15) is 4.21 Å². The van der Waals surface area contributed by atoms with Crippen molar-refractivity contribution in [3.63, 3.8) is 0 Å². The molecule has 1 aromatic carbocycles. The fourth-order valence-electron chi connectivity index (χ4n) is 2.43. The Hall–Kier alpha value is -3.16. The number of nitro benzene ring substituents is 1. The van der Waals surface area contributed by atoms with E-state index in [1.807, 2.05) is 0 Å². The summed E-state index contributed by atoms with van der Waals surface area (Å²) in [5, 5.41) is 17.9. The number of nitrogens with one attached hydrogen (secondary N) is 2. The molecule has 3 aromatic rings. The zero-order chi connectivity index (χ0) is 22.4. The molecule has 162 valence electrons. The van der Waals surface area contributed by atoms with Gasteiger partial charge in [-0.2, -0.15) is 0 Å². The molecular weight excluding hydrogens is 464 g/mol. The van der Waals surface area contributed by atoms with Gasteiger partial charge in [0.15, 0.2) is 5.13 Å². The second-order valence-electron chi connectivity index (χ2n) is 6.12. The van der Waals surface area contributed by atoms with Crippen molar-refractivity contribution in [1.82, 2.24) is 10.3 Å². The summed E-state index contributed by atoms with van der Waals surface area (Å²) >= 11 is 2.11.